The van der Waals surface area contributed by atoms with Crippen molar-refractivity contribution in [3.63, 3.8) is 0 Å². The van der Waals surface area contributed by atoms with Gasteiger partial charge in [-0.2, -0.15) is 5.10 Å². The van der Waals surface area contributed by atoms with Gasteiger partial charge in [-0.05, 0) is 43.2 Å². The number of nitrogens with zero attached hydrogens (tertiary/aromatic N) is 2. The molecule has 0 aliphatic carbocycles. The number of hydrogen-bond acceptors (Lipinski definition) is 4. The van der Waals surface area contributed by atoms with E-state index in [0.717, 1.165) is 28.6 Å². The Balaban J connectivity index is 1.71. The molecule has 7 heteroatoms. The number of carbonyl (C=O) groups is 1. The molecule has 0 unspecified atom stereocenters. The van der Waals surface area contributed by atoms with Gasteiger partial charge < -0.3 is 5.32 Å². The van der Waals surface area contributed by atoms with Crippen molar-refractivity contribution in [1.29, 1.82) is 0 Å². The molecular weight excluding hydrogens is 434 g/mol. The Bertz CT molecular complexity index is 1420. The SMILES string of the molecule is Cc1cccc(-c2cc(NC(=O)c3ccc(C)c(S(C)(=O)=O)c3)n(Cc3ccccc3)n2)c1. The van der Waals surface area contributed by atoms with Crippen LogP contribution in [0.25, 0.3) is 11.3 Å². The minimum atomic E-state index is -3.44. The highest BCUT2D eigenvalue weighted by atomic mass is 32.2. The second-order valence-electron chi connectivity index (χ2n) is 8.13. The van der Waals surface area contributed by atoms with Crippen molar-refractivity contribution in [3.05, 3.63) is 101 Å². The van der Waals surface area contributed by atoms with Crippen LogP contribution >= 0.6 is 0 Å². The third-order valence-corrected chi connectivity index (χ3v) is 6.60. The molecule has 0 atom stereocenters. The zero-order valence-electron chi connectivity index (χ0n) is 18.7. The second kappa shape index (κ2) is 9.03. The molecule has 6 nitrogen and oxygen atoms in total. The highest BCUT2D eigenvalue weighted by Gasteiger charge is 2.17. The van der Waals surface area contributed by atoms with Gasteiger partial charge in [0.15, 0.2) is 9.84 Å². The number of carbonyl (C=O) groups excluding carboxylic acids is 1. The van der Waals surface area contributed by atoms with Crippen LogP contribution in [0.4, 0.5) is 5.82 Å². The summed E-state index contributed by atoms with van der Waals surface area (Å²) in [6.07, 6.45) is 1.14. The number of anilines is 1. The maximum absolute atomic E-state index is 13.1. The van der Waals surface area contributed by atoms with Gasteiger partial charge in [0.1, 0.15) is 5.82 Å². The number of aromatic nitrogens is 2. The average Bonchev–Trinajstić information content (AvgIpc) is 3.16. The molecule has 0 aliphatic heterocycles. The summed E-state index contributed by atoms with van der Waals surface area (Å²) in [5.41, 5.74) is 4.72. The maximum Gasteiger partial charge on any atom is 0.256 e. The van der Waals surface area contributed by atoms with Crippen molar-refractivity contribution in [2.75, 3.05) is 11.6 Å². The van der Waals surface area contributed by atoms with Gasteiger partial charge >= 0.3 is 0 Å². The summed E-state index contributed by atoms with van der Waals surface area (Å²) in [6, 6.07) is 24.4. The number of hydrogen-bond donors (Lipinski definition) is 1. The highest BCUT2D eigenvalue weighted by Crippen LogP contribution is 2.25. The monoisotopic (exact) mass is 459 g/mol. The molecular formula is C26H25N3O3S. The molecule has 0 saturated heterocycles. The Morgan fingerprint density at radius 1 is 0.939 bits per heavy atom. The first kappa shape index (κ1) is 22.5. The van der Waals surface area contributed by atoms with Crippen molar-refractivity contribution in [2.24, 2.45) is 0 Å². The number of sulfone groups is 1. The van der Waals surface area contributed by atoms with E-state index in [9.17, 15) is 13.2 Å². The fraction of sp³-hybridized carbons (Fsp3) is 0.154. The molecule has 4 aromatic rings. The first-order valence-electron chi connectivity index (χ1n) is 10.5. The summed E-state index contributed by atoms with van der Waals surface area (Å²) in [5, 5.41) is 7.66. The van der Waals surface area contributed by atoms with E-state index in [4.69, 9.17) is 5.10 Å². The summed E-state index contributed by atoms with van der Waals surface area (Å²) >= 11 is 0. The van der Waals surface area contributed by atoms with Gasteiger partial charge in [0.05, 0.1) is 17.1 Å². The van der Waals surface area contributed by atoms with Crippen LogP contribution in [-0.4, -0.2) is 30.4 Å². The first-order chi connectivity index (χ1) is 15.7. The molecule has 0 bridgehead atoms. The van der Waals surface area contributed by atoms with Crippen LogP contribution in [0.3, 0.4) is 0 Å². The lowest BCUT2D eigenvalue weighted by Gasteiger charge is -2.10. The van der Waals surface area contributed by atoms with Crippen molar-refractivity contribution in [2.45, 2.75) is 25.3 Å². The molecule has 0 saturated carbocycles. The summed E-state index contributed by atoms with van der Waals surface area (Å²) in [6.45, 7) is 4.20. The van der Waals surface area contributed by atoms with Crippen LogP contribution in [0.5, 0.6) is 0 Å². The molecule has 3 aromatic carbocycles. The summed E-state index contributed by atoms with van der Waals surface area (Å²) in [5.74, 6) is 0.131. The second-order valence-corrected chi connectivity index (χ2v) is 10.1. The summed E-state index contributed by atoms with van der Waals surface area (Å²) in [4.78, 5) is 13.2. The van der Waals surface area contributed by atoms with E-state index in [1.165, 1.54) is 6.07 Å². The standard InChI is InChI=1S/C26H25N3O3S/c1-18-8-7-11-21(14-18)23-16-25(29(28-23)17-20-9-5-4-6-10-20)27-26(30)22-13-12-19(2)24(15-22)33(3,31)32/h4-16H,17H2,1-3H3,(H,27,30). The van der Waals surface area contributed by atoms with Crippen LogP contribution < -0.4 is 5.32 Å². The molecule has 0 aliphatic rings. The van der Waals surface area contributed by atoms with E-state index in [-0.39, 0.29) is 10.5 Å². The molecule has 1 amide bonds. The van der Waals surface area contributed by atoms with Gasteiger partial charge in [-0.15, -0.1) is 0 Å². The molecule has 1 N–H and O–H groups in total. The topological polar surface area (TPSA) is 81.1 Å². The van der Waals surface area contributed by atoms with Crippen LogP contribution in [-0.2, 0) is 16.4 Å². The average molecular weight is 460 g/mol. The Labute approximate surface area is 193 Å². The van der Waals surface area contributed by atoms with Crippen LogP contribution in [0, 0.1) is 13.8 Å². The molecule has 1 aromatic heterocycles. The fourth-order valence-electron chi connectivity index (χ4n) is 3.67. The third kappa shape index (κ3) is 5.21. The Hall–Kier alpha value is -3.71. The smallest absolute Gasteiger partial charge is 0.256 e. The minimum absolute atomic E-state index is 0.147. The quantitative estimate of drug-likeness (QED) is 0.446. The Kier molecular flexibility index (Phi) is 6.16. The van der Waals surface area contributed by atoms with E-state index in [1.807, 2.05) is 67.6 Å². The van der Waals surface area contributed by atoms with Crippen LogP contribution in [0.15, 0.2) is 83.8 Å². The molecule has 168 valence electrons. The van der Waals surface area contributed by atoms with Gasteiger partial charge in [0, 0.05) is 23.4 Å². The van der Waals surface area contributed by atoms with Gasteiger partial charge in [-0.1, -0.05) is 60.2 Å². The molecule has 4 rings (SSSR count). The minimum Gasteiger partial charge on any atom is -0.307 e. The van der Waals surface area contributed by atoms with Gasteiger partial charge in [-0.3, -0.25) is 4.79 Å². The number of benzene rings is 3. The van der Waals surface area contributed by atoms with Crippen molar-refractivity contribution < 1.29 is 13.2 Å². The number of amides is 1. The molecule has 1 heterocycles. The largest absolute Gasteiger partial charge is 0.307 e. The number of nitrogens with one attached hydrogen (secondary N) is 1. The summed E-state index contributed by atoms with van der Waals surface area (Å²) in [7, 11) is -3.44. The molecule has 33 heavy (non-hydrogen) atoms. The highest BCUT2D eigenvalue weighted by molar-refractivity contribution is 7.90. The lowest BCUT2D eigenvalue weighted by Crippen LogP contribution is -2.17. The predicted octanol–water partition coefficient (Wildman–Crippen LogP) is 4.87. The van der Waals surface area contributed by atoms with Gasteiger partial charge in [0.25, 0.3) is 5.91 Å². The van der Waals surface area contributed by atoms with Crippen LogP contribution in [0.2, 0.25) is 0 Å². The molecule has 0 radical (unpaired) electrons. The zero-order chi connectivity index (χ0) is 23.6. The first-order valence-corrected chi connectivity index (χ1v) is 12.4. The molecule has 0 fully saturated rings. The fourth-order valence-corrected chi connectivity index (χ4v) is 4.66. The van der Waals surface area contributed by atoms with Gasteiger partial charge in [0.2, 0.25) is 0 Å². The zero-order valence-corrected chi connectivity index (χ0v) is 19.6. The normalized spacial score (nSPS) is 11.4. The summed E-state index contributed by atoms with van der Waals surface area (Å²) < 4.78 is 25.9. The van der Waals surface area contributed by atoms with E-state index in [1.54, 1.807) is 23.7 Å². The number of rotatable bonds is 6. The maximum atomic E-state index is 13.1. The van der Waals surface area contributed by atoms with E-state index < -0.39 is 15.7 Å². The predicted molar refractivity (Wildman–Crippen MR) is 130 cm³/mol. The lowest BCUT2D eigenvalue weighted by atomic mass is 10.1. The van der Waals surface area contributed by atoms with E-state index >= 15 is 0 Å². The van der Waals surface area contributed by atoms with Crippen LogP contribution in [0.1, 0.15) is 27.0 Å². The Morgan fingerprint density at radius 2 is 1.70 bits per heavy atom. The third-order valence-electron chi connectivity index (χ3n) is 5.36. The van der Waals surface area contributed by atoms with E-state index in [0.29, 0.717) is 17.9 Å². The van der Waals surface area contributed by atoms with Crippen molar-refractivity contribution >= 4 is 21.6 Å². The lowest BCUT2D eigenvalue weighted by molar-refractivity contribution is 0.102. The number of aryl methyl sites for hydroxylation is 2. The Morgan fingerprint density at radius 3 is 2.39 bits per heavy atom. The van der Waals surface area contributed by atoms with Gasteiger partial charge in [-0.25, -0.2) is 13.1 Å². The van der Waals surface area contributed by atoms with Crippen molar-refractivity contribution in [1.82, 2.24) is 9.78 Å². The molecule has 0 spiro atoms. The van der Waals surface area contributed by atoms with Crippen molar-refractivity contribution in [3.8, 4) is 11.3 Å². The van der Waals surface area contributed by atoms with E-state index in [2.05, 4.69) is 5.32 Å².